The summed E-state index contributed by atoms with van der Waals surface area (Å²) < 4.78 is 13.4. The van der Waals surface area contributed by atoms with Gasteiger partial charge in [-0.3, -0.25) is 14.5 Å². The van der Waals surface area contributed by atoms with E-state index >= 15 is 0 Å². The Morgan fingerprint density at radius 2 is 1.97 bits per heavy atom. The number of aromatic nitrogens is 1. The van der Waals surface area contributed by atoms with Gasteiger partial charge in [0, 0.05) is 35.8 Å². The summed E-state index contributed by atoms with van der Waals surface area (Å²) in [7, 11) is 0. The van der Waals surface area contributed by atoms with Crippen molar-refractivity contribution in [2.75, 3.05) is 19.6 Å². The minimum atomic E-state index is -0.806. The van der Waals surface area contributed by atoms with Crippen LogP contribution in [0.3, 0.4) is 0 Å². The van der Waals surface area contributed by atoms with Gasteiger partial charge in [0.25, 0.3) is 5.91 Å². The second-order valence-electron chi connectivity index (χ2n) is 8.68. The zero-order valence-corrected chi connectivity index (χ0v) is 17.2. The molecule has 1 aliphatic carbocycles. The third kappa shape index (κ3) is 3.40. The van der Waals surface area contributed by atoms with Crippen LogP contribution in [-0.2, 0) is 9.59 Å². The van der Waals surface area contributed by atoms with E-state index in [2.05, 4.69) is 10.3 Å². The van der Waals surface area contributed by atoms with E-state index in [1.807, 2.05) is 12.3 Å². The van der Waals surface area contributed by atoms with Crippen LogP contribution >= 0.6 is 0 Å². The molecule has 0 radical (unpaired) electrons. The molecule has 3 aliphatic rings. The summed E-state index contributed by atoms with van der Waals surface area (Å²) >= 11 is 0. The van der Waals surface area contributed by atoms with Crippen LogP contribution in [0.1, 0.15) is 44.1 Å². The number of fused-ring (bicyclic) bond motifs is 1. The van der Waals surface area contributed by atoms with E-state index < -0.39 is 11.6 Å². The summed E-state index contributed by atoms with van der Waals surface area (Å²) in [6.07, 6.45) is 8.69. The lowest BCUT2D eigenvalue weighted by Gasteiger charge is -2.31. The maximum Gasteiger partial charge on any atom is 0.325 e. The lowest BCUT2D eigenvalue weighted by molar-refractivity contribution is -0.139. The number of amides is 4. The maximum atomic E-state index is 13.4. The third-order valence-electron chi connectivity index (χ3n) is 6.80. The largest absolute Gasteiger partial charge is 0.360 e. The first-order valence-corrected chi connectivity index (χ1v) is 10.8. The van der Waals surface area contributed by atoms with E-state index in [9.17, 15) is 18.8 Å². The van der Waals surface area contributed by atoms with Crippen molar-refractivity contribution in [1.29, 1.82) is 0 Å². The van der Waals surface area contributed by atoms with Crippen molar-refractivity contribution in [1.82, 2.24) is 20.1 Å². The standard InChI is InChI=1S/C23H25FN4O3/c24-16-4-5-17-18(13-25-19(17)12-16)15-6-10-27(11-7-15)20(29)14-28-21(30)23(26-22(28)31)8-2-1-3-9-23/h4-6,12-13,25H,1-3,7-11,14H2,(H,26,31). The van der Waals surface area contributed by atoms with Crippen LogP contribution in [0.15, 0.2) is 30.5 Å². The summed E-state index contributed by atoms with van der Waals surface area (Å²) in [5.74, 6) is -0.775. The lowest BCUT2D eigenvalue weighted by Crippen LogP contribution is -2.49. The van der Waals surface area contributed by atoms with Crippen LogP contribution in [0.2, 0.25) is 0 Å². The molecule has 2 aromatic rings. The Morgan fingerprint density at radius 1 is 1.16 bits per heavy atom. The molecule has 2 aliphatic heterocycles. The number of nitrogens with zero attached hydrogens (tertiary/aromatic N) is 2. The van der Waals surface area contributed by atoms with Gasteiger partial charge < -0.3 is 15.2 Å². The molecular weight excluding hydrogens is 399 g/mol. The number of hydrogen-bond acceptors (Lipinski definition) is 3. The van der Waals surface area contributed by atoms with Crippen molar-refractivity contribution in [3.05, 3.63) is 41.9 Å². The summed E-state index contributed by atoms with van der Waals surface area (Å²) in [5.41, 5.74) is 2.04. The SMILES string of the molecule is O=C(CN1C(=O)NC2(CCCCC2)C1=O)N1CC=C(c2c[nH]c3cc(F)ccc23)CC1. The molecule has 1 aromatic heterocycles. The van der Waals surface area contributed by atoms with Crippen molar-refractivity contribution in [3.63, 3.8) is 0 Å². The average molecular weight is 424 g/mol. The Hall–Kier alpha value is -3.16. The Morgan fingerprint density at radius 3 is 2.71 bits per heavy atom. The summed E-state index contributed by atoms with van der Waals surface area (Å²) in [5, 5.41) is 3.80. The molecule has 2 N–H and O–H groups in total. The molecule has 0 atom stereocenters. The van der Waals surface area contributed by atoms with Gasteiger partial charge in [-0.2, -0.15) is 0 Å². The number of benzene rings is 1. The molecule has 2 fully saturated rings. The number of H-pyrrole nitrogens is 1. The van der Waals surface area contributed by atoms with E-state index in [4.69, 9.17) is 0 Å². The highest BCUT2D eigenvalue weighted by atomic mass is 19.1. The highest BCUT2D eigenvalue weighted by molar-refractivity contribution is 6.09. The third-order valence-corrected chi connectivity index (χ3v) is 6.80. The van der Waals surface area contributed by atoms with Crippen molar-refractivity contribution in [2.45, 2.75) is 44.1 Å². The van der Waals surface area contributed by atoms with E-state index in [-0.39, 0.29) is 24.2 Å². The molecule has 0 bridgehead atoms. The first-order chi connectivity index (χ1) is 15.0. The van der Waals surface area contributed by atoms with Crippen LogP contribution in [0.4, 0.5) is 9.18 Å². The number of nitrogens with one attached hydrogen (secondary N) is 2. The van der Waals surface area contributed by atoms with Crippen molar-refractivity contribution >= 4 is 34.3 Å². The fourth-order valence-corrected chi connectivity index (χ4v) is 5.05. The first kappa shape index (κ1) is 19.8. The van der Waals surface area contributed by atoms with Gasteiger partial charge >= 0.3 is 6.03 Å². The zero-order chi connectivity index (χ0) is 21.6. The van der Waals surface area contributed by atoms with Crippen molar-refractivity contribution in [2.24, 2.45) is 0 Å². The zero-order valence-electron chi connectivity index (χ0n) is 17.2. The van der Waals surface area contributed by atoms with E-state index in [0.29, 0.717) is 32.4 Å². The molecule has 5 rings (SSSR count). The molecule has 8 heteroatoms. The normalized spacial score (nSPS) is 21.0. The minimum absolute atomic E-state index is 0.220. The van der Waals surface area contributed by atoms with Crippen LogP contribution < -0.4 is 5.32 Å². The van der Waals surface area contributed by atoms with Gasteiger partial charge in [0.05, 0.1) is 0 Å². The average Bonchev–Trinajstić information content (AvgIpc) is 3.28. The van der Waals surface area contributed by atoms with Gasteiger partial charge in [-0.25, -0.2) is 9.18 Å². The summed E-state index contributed by atoms with van der Waals surface area (Å²) in [4.78, 5) is 44.0. The quantitative estimate of drug-likeness (QED) is 0.742. The summed E-state index contributed by atoms with van der Waals surface area (Å²) in [6, 6.07) is 4.21. The molecular formula is C23H25FN4O3. The van der Waals surface area contributed by atoms with Crippen LogP contribution in [0.25, 0.3) is 16.5 Å². The van der Waals surface area contributed by atoms with E-state index in [1.54, 1.807) is 11.0 Å². The highest BCUT2D eigenvalue weighted by Gasteiger charge is 2.51. The monoisotopic (exact) mass is 424 g/mol. The first-order valence-electron chi connectivity index (χ1n) is 10.8. The second kappa shape index (κ2) is 7.51. The lowest BCUT2D eigenvalue weighted by atomic mass is 9.82. The predicted octanol–water partition coefficient (Wildman–Crippen LogP) is 3.18. The molecule has 3 heterocycles. The van der Waals surface area contributed by atoms with Crippen molar-refractivity contribution < 1.29 is 18.8 Å². The summed E-state index contributed by atoms with van der Waals surface area (Å²) in [6.45, 7) is 0.701. The molecule has 0 unspecified atom stereocenters. The van der Waals surface area contributed by atoms with Gasteiger partial charge in [-0.1, -0.05) is 25.3 Å². The van der Waals surface area contributed by atoms with Gasteiger partial charge in [-0.05, 0) is 43.0 Å². The maximum absolute atomic E-state index is 13.4. The van der Waals surface area contributed by atoms with Crippen LogP contribution in [0.5, 0.6) is 0 Å². The van der Waals surface area contributed by atoms with Gasteiger partial charge in [-0.15, -0.1) is 0 Å². The highest BCUT2D eigenvalue weighted by Crippen LogP contribution is 2.34. The van der Waals surface area contributed by atoms with E-state index in [1.165, 1.54) is 12.1 Å². The number of imide groups is 1. The fourth-order valence-electron chi connectivity index (χ4n) is 5.05. The number of urea groups is 1. The number of carbonyl (C=O) groups is 3. The number of carbonyl (C=O) groups excluding carboxylic acids is 3. The molecule has 4 amide bonds. The van der Waals surface area contributed by atoms with Crippen LogP contribution in [0, 0.1) is 5.82 Å². The Bertz CT molecular complexity index is 1100. The molecule has 1 aromatic carbocycles. The number of halogens is 1. The molecule has 1 saturated heterocycles. The number of hydrogen-bond donors (Lipinski definition) is 2. The Kier molecular flexibility index (Phi) is 4.79. The molecule has 1 saturated carbocycles. The minimum Gasteiger partial charge on any atom is -0.360 e. The number of rotatable bonds is 3. The molecule has 1 spiro atoms. The van der Waals surface area contributed by atoms with Gasteiger partial charge in [0.2, 0.25) is 5.91 Å². The Balaban J connectivity index is 1.26. The molecule has 31 heavy (non-hydrogen) atoms. The second-order valence-corrected chi connectivity index (χ2v) is 8.68. The van der Waals surface area contributed by atoms with E-state index in [0.717, 1.165) is 46.2 Å². The van der Waals surface area contributed by atoms with Crippen LogP contribution in [-0.4, -0.2) is 57.8 Å². The predicted molar refractivity (Wildman–Crippen MR) is 113 cm³/mol. The molecule has 7 nitrogen and oxygen atoms in total. The fraction of sp³-hybridized carbons (Fsp3) is 0.435. The molecule has 162 valence electrons. The number of aromatic amines is 1. The van der Waals surface area contributed by atoms with Gasteiger partial charge in [0.15, 0.2) is 0 Å². The Labute approximate surface area is 179 Å². The van der Waals surface area contributed by atoms with Gasteiger partial charge in [0.1, 0.15) is 17.9 Å². The topological polar surface area (TPSA) is 85.5 Å². The smallest absolute Gasteiger partial charge is 0.325 e. The van der Waals surface area contributed by atoms with Crippen molar-refractivity contribution in [3.8, 4) is 0 Å².